The van der Waals surface area contributed by atoms with E-state index in [4.69, 9.17) is 18.5 Å². The summed E-state index contributed by atoms with van der Waals surface area (Å²) in [6, 6.07) is 7.81. The van der Waals surface area contributed by atoms with E-state index in [0.29, 0.717) is 26.1 Å². The molecule has 0 aromatic heterocycles. The van der Waals surface area contributed by atoms with Gasteiger partial charge >= 0.3 is 8.60 Å². The van der Waals surface area contributed by atoms with Crippen LogP contribution in [0.25, 0.3) is 0 Å². The van der Waals surface area contributed by atoms with Crippen molar-refractivity contribution in [1.82, 2.24) is 5.32 Å². The highest BCUT2D eigenvalue weighted by molar-refractivity contribution is 7.40. The molecule has 0 radical (unpaired) electrons. The molecule has 0 saturated carbocycles. The molecular weight excluding hydrogens is 525 g/mol. The maximum Gasteiger partial charge on any atom is 0.329 e. The van der Waals surface area contributed by atoms with Crippen LogP contribution in [-0.2, 0) is 25.0 Å². The molecule has 2 unspecified atom stereocenters. The lowest BCUT2D eigenvalue weighted by Crippen LogP contribution is -2.22. The first-order valence-electron chi connectivity index (χ1n) is 15.9. The van der Waals surface area contributed by atoms with E-state index in [2.05, 4.69) is 12.2 Å². The fourth-order valence-electron chi connectivity index (χ4n) is 4.69. The molecule has 2 N–H and O–H groups in total. The Balaban J connectivity index is 2.13. The van der Waals surface area contributed by atoms with Gasteiger partial charge in [0.15, 0.2) is 0 Å². The molecular formula is C32H58NO6P. The van der Waals surface area contributed by atoms with Crippen molar-refractivity contribution in [3.05, 3.63) is 29.8 Å². The summed E-state index contributed by atoms with van der Waals surface area (Å²) in [7, 11) is -0.141. The number of benzene rings is 1. The van der Waals surface area contributed by atoms with Gasteiger partial charge in [-0.15, -0.1) is 0 Å². The van der Waals surface area contributed by atoms with Gasteiger partial charge in [-0.25, -0.2) is 0 Å². The minimum absolute atomic E-state index is 0.0560. The zero-order valence-electron chi connectivity index (χ0n) is 25.5. The largest absolute Gasteiger partial charge is 0.493 e. The number of carbonyl (C=O) groups excluding carboxylic acids is 1. The fraction of sp³-hybridized carbons (Fsp3) is 0.781. The van der Waals surface area contributed by atoms with Gasteiger partial charge in [0.2, 0.25) is 0 Å². The Morgan fingerprint density at radius 3 is 1.95 bits per heavy atom. The lowest BCUT2D eigenvalue weighted by atomic mass is 10.0. The van der Waals surface area contributed by atoms with Crippen molar-refractivity contribution in [1.29, 1.82) is 0 Å². The monoisotopic (exact) mass is 583 g/mol. The van der Waals surface area contributed by atoms with E-state index in [1.54, 1.807) is 0 Å². The molecule has 0 amide bonds. The van der Waals surface area contributed by atoms with Gasteiger partial charge in [0.25, 0.3) is 6.47 Å². The standard InChI is InChI=1S/C32H58NO6P/c1-3-4-5-6-7-8-9-10-11-12-13-14-15-16-17-20-25-36-32-23-19-18-22-30(32)27-31(37-29-34)28-39-40(35)38-26-21-24-33-2/h18-19,22-23,29,31,33,35H,3-17,20-21,24-28H2,1-2H3. The third-order valence-corrected chi connectivity index (χ3v) is 7.84. The van der Waals surface area contributed by atoms with E-state index < -0.39 is 14.7 Å². The highest BCUT2D eigenvalue weighted by atomic mass is 31.2. The molecule has 232 valence electrons. The average Bonchev–Trinajstić information content (AvgIpc) is 2.96. The van der Waals surface area contributed by atoms with Gasteiger partial charge in [-0.2, -0.15) is 0 Å². The van der Waals surface area contributed by atoms with Gasteiger partial charge in [0.05, 0.1) is 19.8 Å². The molecule has 0 fully saturated rings. The van der Waals surface area contributed by atoms with E-state index in [1.807, 2.05) is 31.3 Å². The summed E-state index contributed by atoms with van der Waals surface area (Å²) in [6.45, 7) is 4.63. The Labute approximate surface area is 246 Å². The molecule has 0 bridgehead atoms. The van der Waals surface area contributed by atoms with Crippen molar-refractivity contribution in [2.24, 2.45) is 0 Å². The lowest BCUT2D eigenvalue weighted by molar-refractivity contribution is -0.135. The Bertz CT molecular complexity index is 695. The second kappa shape index (κ2) is 27.9. The van der Waals surface area contributed by atoms with Gasteiger partial charge in [0.1, 0.15) is 11.9 Å². The SMILES string of the molecule is CCCCCCCCCCCCCCCCCCOc1ccccc1CC(COP(O)OCCCNC)OC=O. The Hall–Kier alpha value is -1.24. The fourth-order valence-corrected chi connectivity index (χ4v) is 5.35. The van der Waals surface area contributed by atoms with Crippen molar-refractivity contribution in [2.75, 3.05) is 33.4 Å². The molecule has 8 heteroatoms. The van der Waals surface area contributed by atoms with Crippen LogP contribution in [-0.4, -0.2) is 50.9 Å². The predicted octanol–water partition coefficient (Wildman–Crippen LogP) is 8.27. The Kier molecular flexibility index (Phi) is 25.7. The summed E-state index contributed by atoms with van der Waals surface area (Å²) in [5.41, 5.74) is 0.951. The summed E-state index contributed by atoms with van der Waals surface area (Å²) in [5.74, 6) is 0.803. The van der Waals surface area contributed by atoms with Crippen LogP contribution in [0.4, 0.5) is 0 Å². The molecule has 0 aliphatic carbocycles. The van der Waals surface area contributed by atoms with Crippen LogP contribution in [0.2, 0.25) is 0 Å². The minimum atomic E-state index is -2.00. The van der Waals surface area contributed by atoms with E-state index in [0.717, 1.165) is 30.7 Å². The normalized spacial score (nSPS) is 12.8. The molecule has 0 aliphatic rings. The Morgan fingerprint density at radius 1 is 0.800 bits per heavy atom. The van der Waals surface area contributed by atoms with Crippen molar-refractivity contribution < 1.29 is 28.2 Å². The van der Waals surface area contributed by atoms with E-state index in [1.165, 1.54) is 96.3 Å². The van der Waals surface area contributed by atoms with Crippen molar-refractivity contribution >= 4 is 15.1 Å². The highest BCUT2D eigenvalue weighted by Crippen LogP contribution is 2.33. The maximum absolute atomic E-state index is 11.0. The van der Waals surface area contributed by atoms with Crippen LogP contribution in [0.5, 0.6) is 5.75 Å². The molecule has 1 rings (SSSR count). The summed E-state index contributed by atoms with van der Waals surface area (Å²) in [6.07, 6.45) is 22.3. The van der Waals surface area contributed by atoms with Crippen LogP contribution < -0.4 is 10.1 Å². The molecule has 0 heterocycles. The van der Waals surface area contributed by atoms with Gasteiger partial charge in [-0.05, 0) is 38.1 Å². The molecule has 40 heavy (non-hydrogen) atoms. The zero-order valence-corrected chi connectivity index (χ0v) is 26.4. The van der Waals surface area contributed by atoms with Crippen LogP contribution in [0.15, 0.2) is 24.3 Å². The predicted molar refractivity (Wildman–Crippen MR) is 166 cm³/mol. The summed E-state index contributed by atoms with van der Waals surface area (Å²) < 4.78 is 22.0. The smallest absolute Gasteiger partial charge is 0.329 e. The number of ether oxygens (including phenoxy) is 2. The zero-order chi connectivity index (χ0) is 28.9. The second-order valence-electron chi connectivity index (χ2n) is 10.6. The Morgan fingerprint density at radius 2 is 1.38 bits per heavy atom. The minimum Gasteiger partial charge on any atom is -0.493 e. The van der Waals surface area contributed by atoms with E-state index in [9.17, 15) is 9.69 Å². The number of para-hydroxylation sites is 1. The van der Waals surface area contributed by atoms with Crippen LogP contribution in [0.1, 0.15) is 122 Å². The molecule has 7 nitrogen and oxygen atoms in total. The molecule has 0 aliphatic heterocycles. The quantitative estimate of drug-likeness (QED) is 0.0535. The van der Waals surface area contributed by atoms with Gasteiger partial charge < -0.3 is 28.7 Å². The van der Waals surface area contributed by atoms with Crippen LogP contribution in [0.3, 0.4) is 0 Å². The molecule has 0 spiro atoms. The van der Waals surface area contributed by atoms with Crippen molar-refractivity contribution in [3.8, 4) is 5.75 Å². The number of hydrogen-bond donors (Lipinski definition) is 2. The van der Waals surface area contributed by atoms with E-state index in [-0.39, 0.29) is 6.61 Å². The first kappa shape index (κ1) is 36.8. The van der Waals surface area contributed by atoms with Crippen LogP contribution in [0, 0.1) is 0 Å². The van der Waals surface area contributed by atoms with E-state index >= 15 is 0 Å². The third kappa shape index (κ3) is 21.5. The second-order valence-corrected chi connectivity index (χ2v) is 11.6. The average molecular weight is 584 g/mol. The van der Waals surface area contributed by atoms with Crippen LogP contribution >= 0.6 is 8.60 Å². The first-order valence-corrected chi connectivity index (χ1v) is 17.0. The van der Waals surface area contributed by atoms with Crippen molar-refractivity contribution in [2.45, 2.75) is 129 Å². The molecule has 0 saturated heterocycles. The van der Waals surface area contributed by atoms with Gasteiger partial charge in [-0.1, -0.05) is 121 Å². The number of carbonyl (C=O) groups is 1. The number of hydrogen-bond acceptors (Lipinski definition) is 7. The molecule has 1 aromatic rings. The number of rotatable bonds is 30. The topological polar surface area (TPSA) is 86.2 Å². The molecule has 2 atom stereocenters. The lowest BCUT2D eigenvalue weighted by Gasteiger charge is -2.19. The number of nitrogens with one attached hydrogen (secondary N) is 1. The summed E-state index contributed by atoms with van der Waals surface area (Å²) in [5, 5.41) is 3.02. The first-order chi connectivity index (χ1) is 19.7. The molecule has 1 aromatic carbocycles. The van der Waals surface area contributed by atoms with Crippen molar-refractivity contribution in [3.63, 3.8) is 0 Å². The summed E-state index contributed by atoms with van der Waals surface area (Å²) in [4.78, 5) is 21.0. The maximum atomic E-state index is 11.0. The summed E-state index contributed by atoms with van der Waals surface area (Å²) >= 11 is 0. The number of unbranched alkanes of at least 4 members (excludes halogenated alkanes) is 15. The van der Waals surface area contributed by atoms with Gasteiger partial charge in [-0.3, -0.25) is 4.79 Å². The third-order valence-electron chi connectivity index (χ3n) is 7.07. The highest BCUT2D eigenvalue weighted by Gasteiger charge is 2.17. The van der Waals surface area contributed by atoms with Gasteiger partial charge in [0, 0.05) is 6.42 Å².